The van der Waals surface area contributed by atoms with Crippen molar-refractivity contribution in [2.75, 3.05) is 5.32 Å². The Kier molecular flexibility index (Phi) is 4.49. The first-order chi connectivity index (χ1) is 9.13. The molecule has 0 amide bonds. The number of thiophene rings is 1. The van der Waals surface area contributed by atoms with Gasteiger partial charge in [0.15, 0.2) is 0 Å². The number of aromatic nitrogens is 1. The molecule has 5 nitrogen and oxygen atoms in total. The number of rotatable bonds is 5. The zero-order valence-corrected chi connectivity index (χ0v) is 12.6. The Balaban J connectivity index is 2.34. The third-order valence-electron chi connectivity index (χ3n) is 2.69. The predicted molar refractivity (Wildman–Crippen MR) is 79.6 cm³/mol. The van der Waals surface area contributed by atoms with Crippen molar-refractivity contribution in [3.8, 4) is 0 Å². The largest absolute Gasteiger partial charge is 0.371 e. The molecule has 0 bridgehead atoms. The monoisotopic (exact) mass is 341 g/mol. The van der Waals surface area contributed by atoms with Crippen LogP contribution in [0.3, 0.4) is 0 Å². The highest BCUT2D eigenvalue weighted by atomic mass is 79.9. The van der Waals surface area contributed by atoms with Crippen LogP contribution in [-0.4, -0.2) is 9.91 Å². The third kappa shape index (κ3) is 3.10. The van der Waals surface area contributed by atoms with Gasteiger partial charge in [0.2, 0.25) is 0 Å². The summed E-state index contributed by atoms with van der Waals surface area (Å²) in [4.78, 5) is 15.6. The lowest BCUT2D eigenvalue weighted by molar-refractivity contribution is -0.384. The Labute approximate surface area is 123 Å². The first-order valence-corrected chi connectivity index (χ1v) is 7.38. The molecule has 0 spiro atoms. The molecule has 0 saturated heterocycles. The van der Waals surface area contributed by atoms with Gasteiger partial charge in [-0.2, -0.15) is 0 Å². The zero-order valence-electron chi connectivity index (χ0n) is 10.2. The number of halogens is 1. The van der Waals surface area contributed by atoms with E-state index in [1.807, 2.05) is 24.4 Å². The molecular weight excluding hydrogens is 330 g/mol. The van der Waals surface area contributed by atoms with Crippen molar-refractivity contribution < 1.29 is 4.92 Å². The van der Waals surface area contributed by atoms with Gasteiger partial charge in [0, 0.05) is 11.1 Å². The summed E-state index contributed by atoms with van der Waals surface area (Å²) in [6.45, 7) is 2.04. The highest BCUT2D eigenvalue weighted by Gasteiger charge is 2.21. The summed E-state index contributed by atoms with van der Waals surface area (Å²) in [6.07, 6.45) is 3.65. The maximum absolute atomic E-state index is 11.0. The Hall–Kier alpha value is -1.47. The number of pyridine rings is 1. The van der Waals surface area contributed by atoms with Crippen LogP contribution in [0, 0.1) is 10.1 Å². The lowest BCUT2D eigenvalue weighted by atomic mass is 10.1. The molecule has 7 heteroatoms. The van der Waals surface area contributed by atoms with E-state index in [9.17, 15) is 10.1 Å². The minimum Gasteiger partial charge on any atom is -0.371 e. The molecule has 0 aliphatic carbocycles. The van der Waals surface area contributed by atoms with E-state index in [1.54, 1.807) is 17.5 Å². The lowest BCUT2D eigenvalue weighted by Gasteiger charge is -2.17. The van der Waals surface area contributed by atoms with E-state index in [4.69, 9.17) is 0 Å². The molecule has 0 aliphatic rings. The van der Waals surface area contributed by atoms with Crippen molar-refractivity contribution in [1.82, 2.24) is 4.98 Å². The van der Waals surface area contributed by atoms with E-state index in [0.29, 0.717) is 10.2 Å². The third-order valence-corrected chi connectivity index (χ3v) is 4.28. The van der Waals surface area contributed by atoms with Gasteiger partial charge >= 0.3 is 5.69 Å². The van der Waals surface area contributed by atoms with Crippen molar-refractivity contribution in [3.05, 3.63) is 49.4 Å². The summed E-state index contributed by atoms with van der Waals surface area (Å²) in [7, 11) is 0. The number of anilines is 1. The summed E-state index contributed by atoms with van der Waals surface area (Å²) in [6, 6.07) is 4.05. The molecule has 0 aliphatic heterocycles. The fourth-order valence-electron chi connectivity index (χ4n) is 1.74. The zero-order chi connectivity index (χ0) is 13.8. The number of nitro groups is 1. The average molecular weight is 342 g/mol. The van der Waals surface area contributed by atoms with Crippen molar-refractivity contribution in [3.63, 3.8) is 0 Å². The molecule has 100 valence electrons. The highest BCUT2D eigenvalue weighted by Crippen LogP contribution is 2.35. The van der Waals surface area contributed by atoms with Gasteiger partial charge in [0.25, 0.3) is 0 Å². The maximum atomic E-state index is 11.0. The van der Waals surface area contributed by atoms with Gasteiger partial charge in [-0.25, -0.2) is 0 Å². The van der Waals surface area contributed by atoms with Gasteiger partial charge in [-0.05, 0) is 33.8 Å². The second kappa shape index (κ2) is 6.12. The van der Waals surface area contributed by atoms with Gasteiger partial charge in [-0.3, -0.25) is 15.1 Å². The first kappa shape index (κ1) is 14.0. The SMILES string of the molecule is CCC(Nc1c(Br)cncc1[N+](=O)[O-])c1cccs1. The van der Waals surface area contributed by atoms with Crippen molar-refractivity contribution in [2.45, 2.75) is 19.4 Å². The molecule has 0 radical (unpaired) electrons. The van der Waals surface area contributed by atoms with Gasteiger partial charge in [0.05, 0.1) is 15.4 Å². The number of nitrogens with zero attached hydrogens (tertiary/aromatic N) is 2. The van der Waals surface area contributed by atoms with E-state index < -0.39 is 4.92 Å². The molecule has 2 aromatic rings. The number of nitrogens with one attached hydrogen (secondary N) is 1. The molecule has 0 fully saturated rings. The van der Waals surface area contributed by atoms with Crippen LogP contribution in [0.25, 0.3) is 0 Å². The van der Waals surface area contributed by atoms with Crippen LogP contribution in [-0.2, 0) is 0 Å². The molecule has 1 unspecified atom stereocenters. The summed E-state index contributed by atoms with van der Waals surface area (Å²) < 4.78 is 0.594. The van der Waals surface area contributed by atoms with Crippen LogP contribution >= 0.6 is 27.3 Å². The molecule has 0 aromatic carbocycles. The van der Waals surface area contributed by atoms with Crippen LogP contribution in [0.2, 0.25) is 0 Å². The quantitative estimate of drug-likeness (QED) is 0.647. The summed E-state index contributed by atoms with van der Waals surface area (Å²) in [5, 5.41) is 16.3. The lowest BCUT2D eigenvalue weighted by Crippen LogP contribution is -2.10. The van der Waals surface area contributed by atoms with Gasteiger partial charge in [-0.15, -0.1) is 11.3 Å². The molecule has 1 N–H and O–H groups in total. The van der Waals surface area contributed by atoms with Crippen LogP contribution in [0.4, 0.5) is 11.4 Å². The molecule has 2 heterocycles. The molecule has 2 aromatic heterocycles. The minimum absolute atomic E-state index is 0.0237. The van der Waals surface area contributed by atoms with Gasteiger partial charge in [-0.1, -0.05) is 13.0 Å². The normalized spacial score (nSPS) is 12.1. The van der Waals surface area contributed by atoms with E-state index in [1.165, 1.54) is 6.20 Å². The number of hydrogen-bond donors (Lipinski definition) is 1. The second-order valence-corrected chi connectivity index (χ2v) is 5.73. The highest BCUT2D eigenvalue weighted by molar-refractivity contribution is 9.10. The molecule has 2 rings (SSSR count). The van der Waals surface area contributed by atoms with Crippen molar-refractivity contribution in [1.29, 1.82) is 0 Å². The smallest absolute Gasteiger partial charge is 0.311 e. The second-order valence-electron chi connectivity index (χ2n) is 3.89. The molecule has 19 heavy (non-hydrogen) atoms. The van der Waals surface area contributed by atoms with Crippen LogP contribution in [0.1, 0.15) is 24.3 Å². The summed E-state index contributed by atoms with van der Waals surface area (Å²) in [5.74, 6) is 0. The summed E-state index contributed by atoms with van der Waals surface area (Å²) >= 11 is 4.94. The Morgan fingerprint density at radius 1 is 1.58 bits per heavy atom. The fraction of sp³-hybridized carbons (Fsp3) is 0.250. The van der Waals surface area contributed by atoms with Gasteiger partial charge < -0.3 is 5.32 Å². The average Bonchev–Trinajstić information content (AvgIpc) is 2.90. The van der Waals surface area contributed by atoms with Gasteiger partial charge in [0.1, 0.15) is 11.9 Å². The van der Waals surface area contributed by atoms with E-state index in [-0.39, 0.29) is 11.7 Å². The molecule has 1 atom stereocenters. The summed E-state index contributed by atoms with van der Waals surface area (Å²) in [5.41, 5.74) is 0.449. The van der Waals surface area contributed by atoms with E-state index in [0.717, 1.165) is 11.3 Å². The van der Waals surface area contributed by atoms with Crippen LogP contribution in [0.5, 0.6) is 0 Å². The van der Waals surface area contributed by atoms with Crippen LogP contribution < -0.4 is 5.32 Å². The van der Waals surface area contributed by atoms with E-state index in [2.05, 4.69) is 26.2 Å². The maximum Gasteiger partial charge on any atom is 0.311 e. The Morgan fingerprint density at radius 2 is 2.37 bits per heavy atom. The van der Waals surface area contributed by atoms with Crippen molar-refractivity contribution in [2.24, 2.45) is 0 Å². The van der Waals surface area contributed by atoms with E-state index >= 15 is 0 Å². The molecule has 0 saturated carbocycles. The topological polar surface area (TPSA) is 68.1 Å². The van der Waals surface area contributed by atoms with Crippen LogP contribution in [0.15, 0.2) is 34.4 Å². The van der Waals surface area contributed by atoms with Crippen molar-refractivity contribution >= 4 is 38.6 Å². The molecular formula is C12H12BrN3O2S. The standard InChI is InChI=1S/C12H12BrN3O2S/c1-2-9(11-4-3-5-19-11)15-12-8(13)6-14-7-10(12)16(17)18/h3-7,9H,2H2,1H3,(H,14,15). The Morgan fingerprint density at radius 3 is 2.95 bits per heavy atom. The first-order valence-electron chi connectivity index (χ1n) is 5.71. The predicted octanol–water partition coefficient (Wildman–Crippen LogP) is 4.38. The minimum atomic E-state index is -0.429. The number of hydrogen-bond acceptors (Lipinski definition) is 5. The Bertz CT molecular complexity index is 574. The fourth-order valence-corrected chi connectivity index (χ4v) is 3.04.